The first-order chi connectivity index (χ1) is 6.55. The van der Waals surface area contributed by atoms with Crippen LogP contribution in [-0.2, 0) is 18.9 Å². The summed E-state index contributed by atoms with van der Waals surface area (Å²) in [6, 6.07) is 0. The van der Waals surface area contributed by atoms with Crippen molar-refractivity contribution in [3.8, 4) is 0 Å². The van der Waals surface area contributed by atoms with Crippen LogP contribution in [0.3, 0.4) is 0 Å². The fraction of sp³-hybridized carbons (Fsp3) is 0.800. The van der Waals surface area contributed by atoms with Crippen molar-refractivity contribution in [2.24, 2.45) is 10.8 Å². The first kappa shape index (κ1) is 14.0. The first-order valence-electron chi connectivity index (χ1n) is 4.79. The maximum atomic E-state index is 11.3. The van der Waals surface area contributed by atoms with E-state index in [0.717, 1.165) is 7.69 Å². The second-order valence-electron chi connectivity index (χ2n) is 5.41. The first-order valence-corrected chi connectivity index (χ1v) is 4.79. The molecule has 4 nitrogen and oxygen atoms in total. The third-order valence-electron chi connectivity index (χ3n) is 1.54. The second kappa shape index (κ2) is 4.68. The molecule has 0 bridgehead atoms. The molecule has 0 saturated heterocycles. The Balaban J connectivity index is 3.92. The van der Waals surface area contributed by atoms with Crippen LogP contribution in [0.1, 0.15) is 41.5 Å². The van der Waals surface area contributed by atoms with Crippen molar-refractivity contribution >= 4 is 19.6 Å². The monoisotopic (exact) mass is 213 g/mol. The van der Waals surface area contributed by atoms with Crippen molar-refractivity contribution in [1.82, 2.24) is 0 Å². The predicted octanol–water partition coefficient (Wildman–Crippen LogP) is 1.70. The lowest BCUT2D eigenvalue weighted by Crippen LogP contribution is -2.29. The molecule has 0 aromatic heterocycles. The van der Waals surface area contributed by atoms with Gasteiger partial charge in [-0.1, -0.05) is 0 Å². The van der Waals surface area contributed by atoms with Crippen LogP contribution in [0.4, 0.5) is 0 Å². The van der Waals surface area contributed by atoms with Gasteiger partial charge in [-0.25, -0.2) is 0 Å². The summed E-state index contributed by atoms with van der Waals surface area (Å²) in [7, 11) is 0.793. The summed E-state index contributed by atoms with van der Waals surface area (Å²) in [6.45, 7) is 10.3. The molecule has 0 rings (SSSR count). The Bertz CT molecular complexity index is 221. The van der Waals surface area contributed by atoms with Gasteiger partial charge in [-0.05, 0) is 41.5 Å². The fourth-order valence-electron chi connectivity index (χ4n) is 0.465. The van der Waals surface area contributed by atoms with Crippen LogP contribution in [-0.4, -0.2) is 19.6 Å². The molecule has 0 aliphatic rings. The standard InChI is InChI=1S/C10H18BO4/c1-9(2,3)7(12)14-11-15-8(13)10(4,5)6/h1-6H3. The van der Waals surface area contributed by atoms with Crippen LogP contribution in [0.2, 0.25) is 0 Å². The van der Waals surface area contributed by atoms with Crippen molar-refractivity contribution in [3.05, 3.63) is 0 Å². The van der Waals surface area contributed by atoms with Gasteiger partial charge in [-0.2, -0.15) is 0 Å². The molecule has 5 heteroatoms. The third kappa shape index (κ3) is 5.45. The van der Waals surface area contributed by atoms with Gasteiger partial charge in [-0.15, -0.1) is 0 Å². The van der Waals surface area contributed by atoms with Crippen LogP contribution >= 0.6 is 0 Å². The summed E-state index contributed by atoms with van der Waals surface area (Å²) < 4.78 is 9.33. The predicted molar refractivity (Wildman–Crippen MR) is 56.8 cm³/mol. The topological polar surface area (TPSA) is 52.6 Å². The van der Waals surface area contributed by atoms with E-state index in [1.54, 1.807) is 41.5 Å². The minimum atomic E-state index is -0.607. The molecule has 0 amide bonds. The van der Waals surface area contributed by atoms with Gasteiger partial charge in [0.1, 0.15) is 0 Å². The minimum absolute atomic E-state index is 0.441. The molecule has 0 fully saturated rings. The summed E-state index contributed by atoms with van der Waals surface area (Å²) in [5, 5.41) is 0. The van der Waals surface area contributed by atoms with Gasteiger partial charge in [0.2, 0.25) is 0 Å². The summed E-state index contributed by atoms with van der Waals surface area (Å²) in [5.41, 5.74) is -1.21. The second-order valence-corrected chi connectivity index (χ2v) is 5.41. The van der Waals surface area contributed by atoms with E-state index in [-0.39, 0.29) is 0 Å². The lowest BCUT2D eigenvalue weighted by atomic mass is 9.96. The lowest BCUT2D eigenvalue weighted by Gasteiger charge is -2.18. The zero-order chi connectivity index (χ0) is 12.3. The Morgan fingerprint density at radius 2 is 1.07 bits per heavy atom. The van der Waals surface area contributed by atoms with Gasteiger partial charge < -0.3 is 9.31 Å². The summed E-state index contributed by atoms with van der Waals surface area (Å²) in [5.74, 6) is -0.881. The van der Waals surface area contributed by atoms with E-state index in [0.29, 0.717) is 0 Å². The van der Waals surface area contributed by atoms with Gasteiger partial charge in [0, 0.05) is 0 Å². The molecular weight excluding hydrogens is 195 g/mol. The Hall–Kier alpha value is -0.995. The Labute approximate surface area is 91.6 Å². The van der Waals surface area contributed by atoms with Gasteiger partial charge >= 0.3 is 7.69 Å². The fourth-order valence-corrected chi connectivity index (χ4v) is 0.465. The summed E-state index contributed by atoms with van der Waals surface area (Å²) in [4.78, 5) is 22.5. The maximum absolute atomic E-state index is 11.3. The minimum Gasteiger partial charge on any atom is -0.499 e. The zero-order valence-corrected chi connectivity index (χ0v) is 10.2. The Morgan fingerprint density at radius 1 is 0.800 bits per heavy atom. The van der Waals surface area contributed by atoms with E-state index in [1.807, 2.05) is 0 Å². The number of hydrogen-bond donors (Lipinski definition) is 0. The summed E-state index contributed by atoms with van der Waals surface area (Å²) >= 11 is 0. The molecule has 0 aliphatic carbocycles. The maximum Gasteiger partial charge on any atom is 0.662 e. The highest BCUT2D eigenvalue weighted by Crippen LogP contribution is 2.16. The number of carbonyl (C=O) groups is 2. The number of rotatable bonds is 2. The van der Waals surface area contributed by atoms with Crippen molar-refractivity contribution in [2.45, 2.75) is 41.5 Å². The third-order valence-corrected chi connectivity index (χ3v) is 1.54. The Morgan fingerprint density at radius 3 is 1.27 bits per heavy atom. The largest absolute Gasteiger partial charge is 0.662 e. The van der Waals surface area contributed by atoms with Crippen LogP contribution in [0.25, 0.3) is 0 Å². The van der Waals surface area contributed by atoms with E-state index in [2.05, 4.69) is 9.31 Å². The molecule has 0 unspecified atom stereocenters. The van der Waals surface area contributed by atoms with Gasteiger partial charge in [0.15, 0.2) is 0 Å². The van der Waals surface area contributed by atoms with Gasteiger partial charge in [0.25, 0.3) is 11.9 Å². The lowest BCUT2D eigenvalue weighted by molar-refractivity contribution is -0.148. The van der Waals surface area contributed by atoms with E-state index in [9.17, 15) is 9.59 Å². The highest BCUT2D eigenvalue weighted by atomic mass is 16.6. The molecule has 85 valence electrons. The Kier molecular flexibility index (Phi) is 4.37. The quantitative estimate of drug-likeness (QED) is 0.655. The van der Waals surface area contributed by atoms with E-state index in [1.165, 1.54) is 0 Å². The normalized spacial score (nSPS) is 11.9. The molecule has 1 radical (unpaired) electrons. The van der Waals surface area contributed by atoms with Gasteiger partial charge in [-0.3, -0.25) is 9.59 Å². The molecule has 15 heavy (non-hydrogen) atoms. The van der Waals surface area contributed by atoms with E-state index in [4.69, 9.17) is 0 Å². The molecular formula is C10H18BO4. The molecule has 0 aliphatic heterocycles. The average molecular weight is 213 g/mol. The molecule has 0 atom stereocenters. The van der Waals surface area contributed by atoms with E-state index < -0.39 is 22.8 Å². The molecule has 0 aromatic carbocycles. The van der Waals surface area contributed by atoms with Crippen molar-refractivity contribution in [3.63, 3.8) is 0 Å². The van der Waals surface area contributed by atoms with Gasteiger partial charge in [0.05, 0.1) is 10.8 Å². The molecule has 0 saturated carbocycles. The smallest absolute Gasteiger partial charge is 0.499 e. The number of hydrogen-bond acceptors (Lipinski definition) is 4. The highest BCUT2D eigenvalue weighted by molar-refractivity contribution is 6.26. The van der Waals surface area contributed by atoms with Crippen LogP contribution in [0.15, 0.2) is 0 Å². The van der Waals surface area contributed by atoms with E-state index >= 15 is 0 Å². The SMILES string of the molecule is CC(C)(C)C(=O)O[B]OC(=O)C(C)(C)C. The molecule has 0 spiro atoms. The van der Waals surface area contributed by atoms with Crippen molar-refractivity contribution in [2.75, 3.05) is 0 Å². The van der Waals surface area contributed by atoms with Crippen molar-refractivity contribution < 1.29 is 18.9 Å². The summed E-state index contributed by atoms with van der Waals surface area (Å²) in [6.07, 6.45) is 0. The van der Waals surface area contributed by atoms with Crippen LogP contribution in [0.5, 0.6) is 0 Å². The zero-order valence-electron chi connectivity index (χ0n) is 10.2. The van der Waals surface area contributed by atoms with Crippen LogP contribution < -0.4 is 0 Å². The molecule has 0 heterocycles. The van der Waals surface area contributed by atoms with Crippen molar-refractivity contribution in [1.29, 1.82) is 0 Å². The van der Waals surface area contributed by atoms with Crippen LogP contribution in [0, 0.1) is 10.8 Å². The molecule has 0 aromatic rings. The highest BCUT2D eigenvalue weighted by Gasteiger charge is 2.27. The molecule has 0 N–H and O–H groups in total. The average Bonchev–Trinajstić information content (AvgIpc) is 2.00. The number of carbonyl (C=O) groups excluding carboxylic acids is 2.